The Morgan fingerprint density at radius 2 is 1.92 bits per heavy atom. The van der Waals surface area contributed by atoms with E-state index in [4.69, 9.17) is 21.6 Å². The van der Waals surface area contributed by atoms with E-state index in [1.807, 2.05) is 38.7 Å². The summed E-state index contributed by atoms with van der Waals surface area (Å²) in [6.45, 7) is 9.46. The number of hydrogen-bond donors (Lipinski definition) is 2. The number of benzene rings is 1. The van der Waals surface area contributed by atoms with E-state index < -0.39 is 22.7 Å². The van der Waals surface area contributed by atoms with E-state index in [2.05, 4.69) is 10.3 Å². The lowest BCUT2D eigenvalue weighted by Crippen LogP contribution is -2.74. The number of aliphatic hydroxyl groups excluding tert-OH is 1. The van der Waals surface area contributed by atoms with Crippen LogP contribution in [0.4, 0.5) is 10.1 Å². The van der Waals surface area contributed by atoms with Crippen LogP contribution in [0.15, 0.2) is 30.3 Å². The van der Waals surface area contributed by atoms with Crippen molar-refractivity contribution in [2.24, 2.45) is 16.7 Å². The molecule has 2 aromatic rings. The van der Waals surface area contributed by atoms with Gasteiger partial charge in [0.2, 0.25) is 5.95 Å². The molecule has 9 heteroatoms. The summed E-state index contributed by atoms with van der Waals surface area (Å²) in [5.74, 6) is -0.308. The van der Waals surface area contributed by atoms with Crippen molar-refractivity contribution in [3.05, 3.63) is 52.6 Å². The molecule has 0 atom stereocenters. The van der Waals surface area contributed by atoms with Gasteiger partial charge in [0.15, 0.2) is 0 Å². The number of halogens is 2. The maximum Gasteiger partial charge on any atom is 0.270 e. The molecule has 192 valence electrons. The van der Waals surface area contributed by atoms with Gasteiger partial charge in [-0.3, -0.25) is 4.79 Å². The van der Waals surface area contributed by atoms with Gasteiger partial charge in [-0.15, -0.1) is 0 Å². The van der Waals surface area contributed by atoms with Crippen molar-refractivity contribution in [1.29, 1.82) is 5.26 Å². The van der Waals surface area contributed by atoms with Crippen LogP contribution in [0, 0.1) is 34.0 Å². The van der Waals surface area contributed by atoms with E-state index >= 15 is 0 Å². The van der Waals surface area contributed by atoms with E-state index in [0.717, 1.165) is 12.8 Å². The lowest BCUT2D eigenvalue weighted by molar-refractivity contribution is -0.164. The van der Waals surface area contributed by atoms with Gasteiger partial charge < -0.3 is 20.1 Å². The summed E-state index contributed by atoms with van der Waals surface area (Å²) in [4.78, 5) is 18.9. The van der Waals surface area contributed by atoms with Crippen LogP contribution in [-0.4, -0.2) is 47.8 Å². The molecule has 0 radical (unpaired) electrons. The van der Waals surface area contributed by atoms with Crippen molar-refractivity contribution in [3.63, 3.8) is 0 Å². The van der Waals surface area contributed by atoms with E-state index in [1.165, 1.54) is 0 Å². The smallest absolute Gasteiger partial charge is 0.270 e. The lowest BCUT2D eigenvalue weighted by Gasteiger charge is -2.63. The van der Waals surface area contributed by atoms with Gasteiger partial charge in [-0.25, -0.2) is 4.98 Å². The Labute approximate surface area is 216 Å². The molecule has 1 amide bonds. The predicted octanol–water partition coefficient (Wildman–Crippen LogP) is 4.57. The Hall–Kier alpha value is -2.89. The number of rotatable bonds is 6. The second kappa shape index (κ2) is 9.87. The quantitative estimate of drug-likeness (QED) is 0.548. The van der Waals surface area contributed by atoms with Gasteiger partial charge in [-0.1, -0.05) is 39.3 Å². The van der Waals surface area contributed by atoms with Crippen LogP contribution in [0.1, 0.15) is 56.6 Å². The minimum Gasteiger partial charge on any atom is -0.489 e. The average Bonchev–Trinajstić information content (AvgIpc) is 2.85. The molecule has 7 nitrogen and oxygen atoms in total. The molecule has 2 heterocycles. The molecule has 1 aromatic heterocycles. The summed E-state index contributed by atoms with van der Waals surface area (Å²) in [5, 5.41) is 21.8. The molecule has 0 bridgehead atoms. The minimum absolute atomic E-state index is 0.0244. The largest absolute Gasteiger partial charge is 0.489 e. The molecule has 1 aliphatic heterocycles. The van der Waals surface area contributed by atoms with Crippen LogP contribution in [-0.2, 0) is 0 Å². The van der Waals surface area contributed by atoms with E-state index in [9.17, 15) is 14.3 Å². The molecule has 2 N–H and O–H groups in total. The van der Waals surface area contributed by atoms with Crippen molar-refractivity contribution in [1.82, 2.24) is 10.3 Å². The normalized spacial score (nSPS) is 22.9. The topological polar surface area (TPSA) is 98.5 Å². The van der Waals surface area contributed by atoms with Gasteiger partial charge in [0, 0.05) is 42.6 Å². The van der Waals surface area contributed by atoms with Crippen molar-refractivity contribution in [2.45, 2.75) is 52.7 Å². The third kappa shape index (κ3) is 4.74. The van der Waals surface area contributed by atoms with Gasteiger partial charge in [0.1, 0.15) is 23.6 Å². The Kier molecular flexibility index (Phi) is 7.18. The standard InChI is InChI=1S/C27H32ClFN4O3/c1-26(2)24(27(3,4)25(26)36-18-6-5-17(14-30)19(28)13-18)32-23(35)20-7-8-21(22(29)31-20)33-11-9-16(15-34)10-12-33/h5-8,13,16,24-25,34H,9-12,15H2,1-4H3,(H,32,35). The Morgan fingerprint density at radius 1 is 1.25 bits per heavy atom. The number of aliphatic hydroxyl groups is 1. The Bertz CT molecular complexity index is 1170. The first kappa shape index (κ1) is 26.2. The molecule has 0 unspecified atom stereocenters. The zero-order valence-corrected chi connectivity index (χ0v) is 21.8. The second-order valence-electron chi connectivity index (χ2n) is 10.9. The van der Waals surface area contributed by atoms with Gasteiger partial charge in [0.05, 0.1) is 16.3 Å². The first-order valence-electron chi connectivity index (χ1n) is 12.2. The van der Waals surface area contributed by atoms with Crippen molar-refractivity contribution >= 4 is 23.2 Å². The monoisotopic (exact) mass is 514 g/mol. The fourth-order valence-electron chi connectivity index (χ4n) is 5.95. The maximum absolute atomic E-state index is 14.9. The van der Waals surface area contributed by atoms with Crippen molar-refractivity contribution in [3.8, 4) is 11.8 Å². The van der Waals surface area contributed by atoms with Crippen LogP contribution >= 0.6 is 11.6 Å². The van der Waals surface area contributed by atoms with E-state index in [-0.39, 0.29) is 30.4 Å². The lowest BCUT2D eigenvalue weighted by atomic mass is 9.49. The first-order chi connectivity index (χ1) is 17.0. The molecule has 36 heavy (non-hydrogen) atoms. The summed E-state index contributed by atoms with van der Waals surface area (Å²) < 4.78 is 21.1. The summed E-state index contributed by atoms with van der Waals surface area (Å²) in [6, 6.07) is 9.89. The molecule has 1 aromatic carbocycles. The third-order valence-corrected chi connectivity index (χ3v) is 8.02. The zero-order chi connectivity index (χ0) is 26.3. The van der Waals surface area contributed by atoms with Crippen LogP contribution in [0.2, 0.25) is 5.02 Å². The van der Waals surface area contributed by atoms with E-state index in [0.29, 0.717) is 35.1 Å². The van der Waals surface area contributed by atoms with Gasteiger partial charge >= 0.3 is 0 Å². The number of piperidine rings is 1. The first-order valence-corrected chi connectivity index (χ1v) is 12.6. The summed E-state index contributed by atoms with van der Waals surface area (Å²) in [6.07, 6.45) is 1.34. The molecule has 1 aliphatic carbocycles. The minimum atomic E-state index is -0.670. The molecular formula is C27H32ClFN4O3. The van der Waals surface area contributed by atoms with Gasteiger partial charge in [-0.2, -0.15) is 9.65 Å². The third-order valence-electron chi connectivity index (χ3n) is 7.71. The molecular weight excluding hydrogens is 483 g/mol. The summed E-state index contributed by atoms with van der Waals surface area (Å²) in [5.41, 5.74) is -0.0933. The molecule has 2 aliphatic rings. The Morgan fingerprint density at radius 3 is 2.47 bits per heavy atom. The number of carbonyl (C=O) groups excluding carboxylic acids is 1. The molecule has 1 saturated heterocycles. The van der Waals surface area contributed by atoms with Crippen LogP contribution < -0.4 is 15.0 Å². The number of aromatic nitrogens is 1. The second-order valence-corrected chi connectivity index (χ2v) is 11.3. The Balaban J connectivity index is 1.44. The summed E-state index contributed by atoms with van der Waals surface area (Å²) in [7, 11) is 0. The number of amides is 1. The number of nitrogens with one attached hydrogen (secondary N) is 1. The van der Waals surface area contributed by atoms with Crippen LogP contribution in [0.5, 0.6) is 5.75 Å². The van der Waals surface area contributed by atoms with Crippen molar-refractivity contribution < 1.29 is 19.0 Å². The highest BCUT2D eigenvalue weighted by atomic mass is 35.5. The number of nitriles is 1. The molecule has 2 fully saturated rings. The number of anilines is 1. The number of nitrogens with zero attached hydrogens (tertiary/aromatic N) is 3. The zero-order valence-electron chi connectivity index (χ0n) is 21.0. The molecule has 4 rings (SSSR count). The fourth-order valence-corrected chi connectivity index (χ4v) is 6.16. The summed E-state index contributed by atoms with van der Waals surface area (Å²) >= 11 is 6.16. The molecule has 0 spiro atoms. The number of ether oxygens (including phenoxy) is 1. The number of pyridine rings is 1. The predicted molar refractivity (Wildman–Crippen MR) is 136 cm³/mol. The number of hydrogen-bond acceptors (Lipinski definition) is 6. The van der Waals surface area contributed by atoms with Gasteiger partial charge in [-0.05, 0) is 43.0 Å². The maximum atomic E-state index is 14.9. The molecule has 1 saturated carbocycles. The fraction of sp³-hybridized carbons (Fsp3) is 0.519. The van der Waals surface area contributed by atoms with Crippen LogP contribution in [0.25, 0.3) is 0 Å². The highest BCUT2D eigenvalue weighted by Gasteiger charge is 2.64. The SMILES string of the molecule is CC1(C)C(NC(=O)c2ccc(N3CCC(CO)CC3)c(F)n2)C(C)(C)C1Oc1ccc(C#N)c(Cl)c1. The van der Waals surface area contributed by atoms with Crippen LogP contribution in [0.3, 0.4) is 0 Å². The highest BCUT2D eigenvalue weighted by molar-refractivity contribution is 6.31. The number of carbonyl (C=O) groups is 1. The highest BCUT2D eigenvalue weighted by Crippen LogP contribution is 2.55. The average molecular weight is 515 g/mol. The van der Waals surface area contributed by atoms with E-state index in [1.54, 1.807) is 30.3 Å². The van der Waals surface area contributed by atoms with Crippen molar-refractivity contribution in [2.75, 3.05) is 24.6 Å². The van der Waals surface area contributed by atoms with Gasteiger partial charge in [0.25, 0.3) is 5.91 Å².